The molecule has 0 N–H and O–H groups in total. The maximum Gasteiger partial charge on any atom is 0.414 e. The summed E-state index contributed by atoms with van der Waals surface area (Å²) in [5.74, 6) is 0.522. The minimum atomic E-state index is -0.506. The summed E-state index contributed by atoms with van der Waals surface area (Å²) in [6, 6.07) is 6.78. The lowest BCUT2D eigenvalue weighted by Crippen LogP contribution is -2.49. The van der Waals surface area contributed by atoms with Crippen LogP contribution < -0.4 is 9.47 Å². The van der Waals surface area contributed by atoms with E-state index >= 15 is 0 Å². The third-order valence-electron chi connectivity index (χ3n) is 3.54. The first-order valence-corrected chi connectivity index (χ1v) is 7.91. The zero-order chi connectivity index (χ0) is 17.7. The first-order valence-electron chi connectivity index (χ1n) is 7.91. The molecule has 1 aliphatic heterocycles. The third-order valence-corrected chi connectivity index (χ3v) is 3.54. The van der Waals surface area contributed by atoms with Crippen molar-refractivity contribution in [3.63, 3.8) is 0 Å². The molecule has 1 heterocycles. The van der Waals surface area contributed by atoms with E-state index in [1.807, 2.05) is 13.8 Å². The molecule has 2 atom stereocenters. The molecule has 2 amide bonds. The summed E-state index contributed by atoms with van der Waals surface area (Å²) in [5, 5.41) is 0. The molecule has 1 aromatic carbocycles. The Bertz CT molecular complexity index is 580. The summed E-state index contributed by atoms with van der Waals surface area (Å²) in [6.45, 7) is 4.85. The molecule has 0 aromatic heterocycles. The number of hydrogen-bond donors (Lipinski definition) is 0. The molecule has 1 aromatic rings. The highest BCUT2D eigenvalue weighted by Gasteiger charge is 2.26. The van der Waals surface area contributed by atoms with Crippen molar-refractivity contribution in [2.75, 3.05) is 33.8 Å². The summed E-state index contributed by atoms with van der Waals surface area (Å²) in [5.41, 5.74) is 0. The van der Waals surface area contributed by atoms with E-state index in [0.29, 0.717) is 18.8 Å². The van der Waals surface area contributed by atoms with Crippen LogP contribution in [0.3, 0.4) is 0 Å². The summed E-state index contributed by atoms with van der Waals surface area (Å²) in [6.07, 6.45) is -0.495. The van der Waals surface area contributed by atoms with Gasteiger partial charge in [0, 0.05) is 27.2 Å². The van der Waals surface area contributed by atoms with Gasteiger partial charge in [0.25, 0.3) is 5.91 Å². The number of nitrogens with zero attached hydrogens (tertiary/aromatic N) is 2. The maximum absolute atomic E-state index is 12.3. The number of rotatable bonds is 4. The average Bonchev–Trinajstić information content (AvgIpc) is 2.52. The first kappa shape index (κ1) is 18.1. The van der Waals surface area contributed by atoms with Crippen molar-refractivity contribution in [2.45, 2.75) is 26.1 Å². The van der Waals surface area contributed by atoms with Gasteiger partial charge < -0.3 is 24.0 Å². The van der Waals surface area contributed by atoms with E-state index in [0.717, 1.165) is 0 Å². The lowest BCUT2D eigenvalue weighted by atomic mass is 10.2. The minimum absolute atomic E-state index is 0.00559. The smallest absolute Gasteiger partial charge is 0.414 e. The van der Waals surface area contributed by atoms with Gasteiger partial charge in [0.2, 0.25) is 0 Å². The summed E-state index contributed by atoms with van der Waals surface area (Å²) < 4.78 is 16.4. The molecule has 0 radical (unpaired) electrons. The number of benzene rings is 1. The van der Waals surface area contributed by atoms with E-state index in [1.165, 1.54) is 4.90 Å². The van der Waals surface area contributed by atoms with Gasteiger partial charge in [-0.25, -0.2) is 4.79 Å². The molecule has 7 nitrogen and oxygen atoms in total. The predicted octanol–water partition coefficient (Wildman–Crippen LogP) is 1.76. The van der Waals surface area contributed by atoms with Crippen LogP contribution in [0.15, 0.2) is 24.3 Å². The van der Waals surface area contributed by atoms with E-state index in [1.54, 1.807) is 43.3 Å². The van der Waals surface area contributed by atoms with Gasteiger partial charge in [-0.05, 0) is 26.0 Å². The molecular weight excluding hydrogens is 312 g/mol. The molecular formula is C17H24N2O5. The molecule has 0 unspecified atom stereocenters. The lowest BCUT2D eigenvalue weighted by molar-refractivity contribution is -0.145. The van der Waals surface area contributed by atoms with Crippen molar-refractivity contribution >= 4 is 12.0 Å². The molecule has 1 aliphatic rings. The Balaban J connectivity index is 1.96. The van der Waals surface area contributed by atoms with Crippen LogP contribution in [0.5, 0.6) is 11.5 Å². The number of ether oxygens (including phenoxy) is 3. The number of morpholine rings is 1. The SMILES string of the molecule is C[C@@H]1CN(C(=O)COc2ccccc2OC(=O)N(C)C)C[C@@H](C)O1. The first-order chi connectivity index (χ1) is 11.4. The van der Waals surface area contributed by atoms with Gasteiger partial charge in [-0.2, -0.15) is 0 Å². The topological polar surface area (TPSA) is 68.3 Å². The number of para-hydroxylation sites is 2. The molecule has 1 saturated heterocycles. The van der Waals surface area contributed by atoms with Gasteiger partial charge in [0.1, 0.15) is 0 Å². The average molecular weight is 336 g/mol. The number of carbonyl (C=O) groups is 2. The van der Waals surface area contributed by atoms with Gasteiger partial charge in [-0.1, -0.05) is 12.1 Å². The molecule has 24 heavy (non-hydrogen) atoms. The van der Waals surface area contributed by atoms with Gasteiger partial charge in [-0.3, -0.25) is 4.79 Å². The monoisotopic (exact) mass is 336 g/mol. The standard InChI is InChI=1S/C17H24N2O5/c1-12-9-19(10-13(2)23-12)16(20)11-22-14-7-5-6-8-15(14)24-17(21)18(3)4/h5-8,12-13H,9-11H2,1-4H3/t12-,13-/m1/s1. The quantitative estimate of drug-likeness (QED) is 0.838. The fourth-order valence-electron chi connectivity index (χ4n) is 2.45. The zero-order valence-electron chi connectivity index (χ0n) is 14.5. The van der Waals surface area contributed by atoms with Gasteiger partial charge in [-0.15, -0.1) is 0 Å². The molecule has 2 rings (SSSR count). The van der Waals surface area contributed by atoms with E-state index in [9.17, 15) is 9.59 Å². The fraction of sp³-hybridized carbons (Fsp3) is 0.529. The van der Waals surface area contributed by atoms with Crippen LogP contribution in [0.1, 0.15) is 13.8 Å². The Hall–Kier alpha value is -2.28. The number of hydrogen-bond acceptors (Lipinski definition) is 5. The van der Waals surface area contributed by atoms with Crippen molar-refractivity contribution in [3.05, 3.63) is 24.3 Å². The minimum Gasteiger partial charge on any atom is -0.480 e. The fourth-order valence-corrected chi connectivity index (χ4v) is 2.45. The summed E-state index contributed by atoms with van der Waals surface area (Å²) in [4.78, 5) is 27.1. The van der Waals surface area contributed by atoms with Crippen molar-refractivity contribution in [2.24, 2.45) is 0 Å². The normalized spacial score (nSPS) is 20.4. The van der Waals surface area contributed by atoms with Crippen LogP contribution in [-0.2, 0) is 9.53 Å². The highest BCUT2D eigenvalue weighted by molar-refractivity contribution is 5.78. The number of amides is 2. The van der Waals surface area contributed by atoms with Crippen molar-refractivity contribution < 1.29 is 23.8 Å². The highest BCUT2D eigenvalue weighted by atomic mass is 16.6. The summed E-state index contributed by atoms with van der Waals surface area (Å²) in [7, 11) is 3.19. The second-order valence-electron chi connectivity index (χ2n) is 6.05. The van der Waals surface area contributed by atoms with Gasteiger partial charge in [0.15, 0.2) is 18.1 Å². The Morgan fingerprint density at radius 1 is 1.17 bits per heavy atom. The van der Waals surface area contributed by atoms with E-state index in [2.05, 4.69) is 0 Å². The van der Waals surface area contributed by atoms with Crippen LogP contribution in [0.25, 0.3) is 0 Å². The van der Waals surface area contributed by atoms with Crippen LogP contribution in [0.4, 0.5) is 4.79 Å². The van der Waals surface area contributed by atoms with Crippen LogP contribution in [0, 0.1) is 0 Å². The second kappa shape index (κ2) is 8.01. The van der Waals surface area contributed by atoms with Crippen LogP contribution in [-0.4, -0.2) is 67.8 Å². The zero-order valence-corrected chi connectivity index (χ0v) is 14.5. The summed E-state index contributed by atoms with van der Waals surface area (Å²) >= 11 is 0. The second-order valence-corrected chi connectivity index (χ2v) is 6.05. The molecule has 0 spiro atoms. The van der Waals surface area contributed by atoms with E-state index in [-0.39, 0.29) is 30.5 Å². The van der Waals surface area contributed by atoms with Crippen molar-refractivity contribution in [3.8, 4) is 11.5 Å². The third kappa shape index (κ3) is 4.86. The highest BCUT2D eigenvalue weighted by Crippen LogP contribution is 2.27. The Kier molecular flexibility index (Phi) is 6.03. The Morgan fingerprint density at radius 3 is 2.33 bits per heavy atom. The van der Waals surface area contributed by atoms with Crippen LogP contribution >= 0.6 is 0 Å². The number of carbonyl (C=O) groups excluding carboxylic acids is 2. The Morgan fingerprint density at radius 2 is 1.75 bits per heavy atom. The van der Waals surface area contributed by atoms with Gasteiger partial charge in [0.05, 0.1) is 12.2 Å². The van der Waals surface area contributed by atoms with Crippen molar-refractivity contribution in [1.29, 1.82) is 0 Å². The molecule has 132 valence electrons. The Labute approximate surface area is 142 Å². The lowest BCUT2D eigenvalue weighted by Gasteiger charge is -2.35. The van der Waals surface area contributed by atoms with Gasteiger partial charge >= 0.3 is 6.09 Å². The largest absolute Gasteiger partial charge is 0.480 e. The molecule has 7 heteroatoms. The molecule has 0 saturated carbocycles. The van der Waals surface area contributed by atoms with E-state index < -0.39 is 6.09 Å². The predicted molar refractivity (Wildman–Crippen MR) is 88.2 cm³/mol. The molecule has 0 bridgehead atoms. The van der Waals surface area contributed by atoms with Crippen molar-refractivity contribution in [1.82, 2.24) is 9.80 Å². The maximum atomic E-state index is 12.3. The molecule has 0 aliphatic carbocycles. The van der Waals surface area contributed by atoms with Crippen LogP contribution in [0.2, 0.25) is 0 Å². The molecule has 1 fully saturated rings. The van der Waals surface area contributed by atoms with E-state index in [4.69, 9.17) is 14.2 Å².